The lowest BCUT2D eigenvalue weighted by Gasteiger charge is -2.25. The lowest BCUT2D eigenvalue weighted by atomic mass is 10.1. The fourth-order valence-electron chi connectivity index (χ4n) is 2.84. The van der Waals surface area contributed by atoms with Crippen LogP contribution in [0.25, 0.3) is 0 Å². The first-order valence-corrected chi connectivity index (χ1v) is 8.38. The van der Waals surface area contributed by atoms with Crippen molar-refractivity contribution in [3.8, 4) is 0 Å². The van der Waals surface area contributed by atoms with E-state index in [-0.39, 0.29) is 5.91 Å². The van der Waals surface area contributed by atoms with Crippen molar-refractivity contribution in [3.05, 3.63) is 52.4 Å². The fourth-order valence-corrected chi connectivity index (χ4v) is 3.01. The third kappa shape index (κ3) is 4.15. The molecule has 1 aliphatic rings. The molecule has 0 aliphatic carbocycles. The van der Waals surface area contributed by atoms with Crippen LogP contribution in [0.5, 0.6) is 0 Å². The molecule has 0 bridgehead atoms. The highest BCUT2D eigenvalue weighted by Crippen LogP contribution is 2.21. The number of halogens is 1. The zero-order valence-corrected chi connectivity index (χ0v) is 14.0. The van der Waals surface area contributed by atoms with E-state index >= 15 is 0 Å². The topological polar surface area (TPSA) is 45.5 Å². The minimum atomic E-state index is -0.250. The molecule has 1 fully saturated rings. The number of nitrogens with zero attached hydrogens (tertiary/aromatic N) is 1. The summed E-state index contributed by atoms with van der Waals surface area (Å²) in [4.78, 5) is 14.7. The maximum absolute atomic E-state index is 12.3. The summed E-state index contributed by atoms with van der Waals surface area (Å²) in [6.07, 6.45) is 3.78. The van der Waals surface area contributed by atoms with Crippen molar-refractivity contribution < 1.29 is 9.21 Å². The van der Waals surface area contributed by atoms with Crippen molar-refractivity contribution in [3.63, 3.8) is 0 Å². The lowest BCUT2D eigenvalue weighted by Crippen LogP contribution is -2.28. The molecule has 5 heteroatoms. The monoisotopic (exact) mass is 332 g/mol. The van der Waals surface area contributed by atoms with Gasteiger partial charge in [-0.05, 0) is 62.7 Å². The van der Waals surface area contributed by atoms with Gasteiger partial charge in [-0.25, -0.2) is 0 Å². The van der Waals surface area contributed by atoms with Gasteiger partial charge in [0.25, 0.3) is 5.91 Å². The van der Waals surface area contributed by atoms with Gasteiger partial charge in [0.1, 0.15) is 5.76 Å². The second-order valence-electron chi connectivity index (χ2n) is 6.02. The molecule has 0 unspecified atom stereocenters. The number of hydrogen-bond donors (Lipinski definition) is 1. The summed E-state index contributed by atoms with van der Waals surface area (Å²) in [5, 5.41) is 3.45. The van der Waals surface area contributed by atoms with E-state index in [9.17, 15) is 4.79 Å². The molecule has 1 aliphatic heterocycles. The molecule has 0 spiro atoms. The zero-order valence-electron chi connectivity index (χ0n) is 13.3. The van der Waals surface area contributed by atoms with E-state index < -0.39 is 0 Å². The van der Waals surface area contributed by atoms with E-state index in [1.807, 2.05) is 19.1 Å². The first-order chi connectivity index (χ1) is 11.1. The summed E-state index contributed by atoms with van der Waals surface area (Å²) >= 11 is 5.98. The number of furan rings is 1. The number of amides is 1. The molecule has 2 aromatic rings. The van der Waals surface area contributed by atoms with Gasteiger partial charge >= 0.3 is 0 Å². The van der Waals surface area contributed by atoms with Gasteiger partial charge in [-0.3, -0.25) is 9.69 Å². The molecular formula is C18H21ClN2O2. The predicted octanol–water partition coefficient (Wildman–Crippen LogP) is 4.48. The van der Waals surface area contributed by atoms with Crippen molar-refractivity contribution in [2.75, 3.05) is 18.4 Å². The van der Waals surface area contributed by atoms with Crippen LogP contribution in [0.2, 0.25) is 5.02 Å². The van der Waals surface area contributed by atoms with Gasteiger partial charge in [-0.2, -0.15) is 0 Å². The van der Waals surface area contributed by atoms with Crippen LogP contribution >= 0.6 is 11.6 Å². The summed E-state index contributed by atoms with van der Waals surface area (Å²) in [7, 11) is 0. The van der Waals surface area contributed by atoms with Crippen molar-refractivity contribution in [2.24, 2.45) is 0 Å². The van der Waals surface area contributed by atoms with E-state index in [4.69, 9.17) is 16.0 Å². The van der Waals surface area contributed by atoms with Gasteiger partial charge in [0.15, 0.2) is 5.76 Å². The number of aryl methyl sites for hydroxylation is 1. The summed E-state index contributed by atoms with van der Waals surface area (Å²) in [6, 6.07) is 9.03. The Morgan fingerprint density at radius 3 is 2.78 bits per heavy atom. The molecule has 23 heavy (non-hydrogen) atoms. The number of likely N-dealkylation sites (tertiary alicyclic amines) is 1. The van der Waals surface area contributed by atoms with Crippen molar-refractivity contribution in [1.82, 2.24) is 4.90 Å². The second kappa shape index (κ2) is 7.20. The van der Waals surface area contributed by atoms with Crippen molar-refractivity contribution in [1.29, 1.82) is 0 Å². The molecule has 0 radical (unpaired) electrons. The number of rotatable bonds is 4. The van der Waals surface area contributed by atoms with Crippen molar-refractivity contribution >= 4 is 23.2 Å². The van der Waals surface area contributed by atoms with Crippen LogP contribution in [0.3, 0.4) is 0 Å². The Morgan fingerprint density at radius 2 is 2.00 bits per heavy atom. The molecule has 0 atom stereocenters. The van der Waals surface area contributed by atoms with E-state index in [1.165, 1.54) is 19.3 Å². The molecule has 1 aromatic carbocycles. The first-order valence-electron chi connectivity index (χ1n) is 8.00. The summed E-state index contributed by atoms with van der Waals surface area (Å²) in [5.74, 6) is 0.913. The van der Waals surface area contributed by atoms with Crippen LogP contribution in [-0.2, 0) is 6.54 Å². The van der Waals surface area contributed by atoms with E-state index in [0.717, 1.165) is 31.0 Å². The van der Waals surface area contributed by atoms with Crippen molar-refractivity contribution in [2.45, 2.75) is 32.7 Å². The number of carbonyl (C=O) groups excluding carboxylic acids is 1. The Bertz CT molecular complexity index is 690. The first kappa shape index (κ1) is 16.1. The minimum absolute atomic E-state index is 0.250. The maximum atomic E-state index is 12.3. The van der Waals surface area contributed by atoms with Crippen LogP contribution in [0.1, 0.15) is 41.1 Å². The van der Waals surface area contributed by atoms with E-state index in [0.29, 0.717) is 16.5 Å². The number of carbonyl (C=O) groups is 1. The molecule has 0 saturated carbocycles. The highest BCUT2D eigenvalue weighted by molar-refractivity contribution is 6.31. The number of anilines is 1. The Kier molecular flexibility index (Phi) is 5.03. The summed E-state index contributed by atoms with van der Waals surface area (Å²) in [6.45, 7) is 4.90. The Morgan fingerprint density at radius 1 is 1.22 bits per heavy atom. The Labute approximate surface area is 141 Å². The van der Waals surface area contributed by atoms with Gasteiger partial charge < -0.3 is 9.73 Å². The second-order valence-corrected chi connectivity index (χ2v) is 6.45. The largest absolute Gasteiger partial charge is 0.455 e. The smallest absolute Gasteiger partial charge is 0.291 e. The Hall–Kier alpha value is -1.78. The van der Waals surface area contributed by atoms with Gasteiger partial charge in [-0.15, -0.1) is 0 Å². The number of piperidine rings is 1. The molecule has 1 aromatic heterocycles. The number of nitrogens with one attached hydrogen (secondary N) is 1. The normalized spacial score (nSPS) is 15.6. The fraction of sp³-hybridized carbons (Fsp3) is 0.389. The van der Waals surface area contributed by atoms with E-state index in [2.05, 4.69) is 10.2 Å². The molecule has 4 nitrogen and oxygen atoms in total. The molecule has 122 valence electrons. The highest BCUT2D eigenvalue weighted by atomic mass is 35.5. The average molecular weight is 333 g/mol. The quantitative estimate of drug-likeness (QED) is 0.897. The van der Waals surface area contributed by atoms with Crippen LogP contribution < -0.4 is 5.32 Å². The average Bonchev–Trinajstić information content (AvgIpc) is 3.00. The zero-order chi connectivity index (χ0) is 16.2. The summed E-state index contributed by atoms with van der Waals surface area (Å²) in [5.41, 5.74) is 1.67. The number of benzene rings is 1. The standard InChI is InChI=1S/C18H21ClN2O2/c1-13-5-6-14(19)11-16(13)20-18(22)17-8-7-15(23-17)12-21-9-3-2-4-10-21/h5-8,11H,2-4,9-10,12H2,1H3,(H,20,22). The highest BCUT2D eigenvalue weighted by Gasteiger charge is 2.16. The SMILES string of the molecule is Cc1ccc(Cl)cc1NC(=O)c1ccc(CN2CCCCC2)o1. The molecule has 3 rings (SSSR count). The van der Waals surface area contributed by atoms with Gasteiger partial charge in [0.05, 0.1) is 6.54 Å². The van der Waals surface area contributed by atoms with Gasteiger partial charge in [0.2, 0.25) is 0 Å². The molecule has 1 saturated heterocycles. The minimum Gasteiger partial charge on any atom is -0.455 e. The molecule has 1 N–H and O–H groups in total. The molecule has 2 heterocycles. The predicted molar refractivity (Wildman–Crippen MR) is 92.0 cm³/mol. The van der Waals surface area contributed by atoms with E-state index in [1.54, 1.807) is 18.2 Å². The van der Waals surface area contributed by atoms with Crippen LogP contribution in [0.15, 0.2) is 34.7 Å². The third-order valence-electron chi connectivity index (χ3n) is 4.16. The van der Waals surface area contributed by atoms with Gasteiger partial charge in [0, 0.05) is 10.7 Å². The summed E-state index contributed by atoms with van der Waals surface area (Å²) < 4.78 is 5.70. The van der Waals surface area contributed by atoms with Crippen LogP contribution in [0.4, 0.5) is 5.69 Å². The molecular weight excluding hydrogens is 312 g/mol. The third-order valence-corrected chi connectivity index (χ3v) is 4.40. The maximum Gasteiger partial charge on any atom is 0.291 e. The van der Waals surface area contributed by atoms with Gasteiger partial charge in [-0.1, -0.05) is 24.1 Å². The Balaban J connectivity index is 1.65. The van der Waals surface area contributed by atoms with Crippen LogP contribution in [-0.4, -0.2) is 23.9 Å². The van der Waals surface area contributed by atoms with Crippen LogP contribution in [0, 0.1) is 6.92 Å². The number of hydrogen-bond acceptors (Lipinski definition) is 3. The lowest BCUT2D eigenvalue weighted by molar-refractivity contribution is 0.0992. The molecule has 1 amide bonds.